The predicted octanol–water partition coefficient (Wildman–Crippen LogP) is 8.44. The summed E-state index contributed by atoms with van der Waals surface area (Å²) < 4.78 is 5.66. The van der Waals surface area contributed by atoms with E-state index in [2.05, 4.69) is 43.8 Å². The Morgan fingerprint density at radius 1 is 0.828 bits per heavy atom. The van der Waals surface area contributed by atoms with Crippen LogP contribution in [0.3, 0.4) is 0 Å². The molecule has 2 aliphatic carbocycles. The molecule has 0 N–H and O–H groups in total. The lowest BCUT2D eigenvalue weighted by atomic mass is 9.74. The molecule has 2 saturated carbocycles. The van der Waals surface area contributed by atoms with Crippen LogP contribution in [0.15, 0.2) is 36.9 Å². The molecule has 1 heteroatoms. The first kappa shape index (κ1) is 22.6. The Bertz CT molecular complexity index is 558. The number of hydrogen-bond acceptors (Lipinski definition) is 1. The maximum absolute atomic E-state index is 5.66. The van der Waals surface area contributed by atoms with Crippen molar-refractivity contribution >= 4 is 0 Å². The third kappa shape index (κ3) is 7.59. The third-order valence-corrected chi connectivity index (χ3v) is 7.64. The van der Waals surface area contributed by atoms with Crippen molar-refractivity contribution in [2.45, 2.75) is 103 Å². The molecule has 0 radical (unpaired) electrons. The summed E-state index contributed by atoms with van der Waals surface area (Å²) in [5, 5.41) is 0. The molecule has 29 heavy (non-hydrogen) atoms. The molecular formula is C28H44O. The molecule has 0 aliphatic heterocycles. The number of allylic oxidation sites excluding steroid dienone is 1. The van der Waals surface area contributed by atoms with E-state index in [1.165, 1.54) is 82.6 Å². The molecule has 1 nitrogen and oxygen atoms in total. The van der Waals surface area contributed by atoms with Crippen LogP contribution < -0.4 is 0 Å². The first-order valence-corrected chi connectivity index (χ1v) is 12.6. The summed E-state index contributed by atoms with van der Waals surface area (Å²) in [5.41, 5.74) is 2.87. The summed E-state index contributed by atoms with van der Waals surface area (Å²) in [6.07, 6.45) is 20.4. The lowest BCUT2D eigenvalue weighted by Crippen LogP contribution is -2.17. The second kappa shape index (κ2) is 12.6. The molecule has 0 spiro atoms. The summed E-state index contributed by atoms with van der Waals surface area (Å²) in [6, 6.07) is 9.28. The van der Waals surface area contributed by atoms with E-state index in [1.54, 1.807) is 5.56 Å². The first-order valence-electron chi connectivity index (χ1n) is 12.6. The predicted molar refractivity (Wildman–Crippen MR) is 125 cm³/mol. The standard InChI is InChI=1S/C28H44O/c1-3-5-6-23-7-9-24(10-8-23)11-12-25-13-17-27(18-14-25)28-19-15-26(16-20-28)22-29-21-4-2/h3,15-16,19-20,23-25,27H,1,4-14,17-18,21-22H2,2H3/t23-,24-,25-,27-. The van der Waals surface area contributed by atoms with Gasteiger partial charge in [-0.25, -0.2) is 0 Å². The van der Waals surface area contributed by atoms with Crippen molar-refractivity contribution in [3.63, 3.8) is 0 Å². The van der Waals surface area contributed by atoms with Crippen LogP contribution in [0.2, 0.25) is 0 Å². The van der Waals surface area contributed by atoms with Gasteiger partial charge in [-0.1, -0.05) is 75.8 Å². The molecule has 0 amide bonds. The van der Waals surface area contributed by atoms with Gasteiger partial charge in [0, 0.05) is 6.61 Å². The van der Waals surface area contributed by atoms with Gasteiger partial charge in [0.2, 0.25) is 0 Å². The molecule has 0 aromatic heterocycles. The van der Waals surface area contributed by atoms with Crippen LogP contribution in [0.5, 0.6) is 0 Å². The summed E-state index contributed by atoms with van der Waals surface area (Å²) in [6.45, 7) is 7.66. The van der Waals surface area contributed by atoms with Crippen LogP contribution in [0.4, 0.5) is 0 Å². The number of hydrogen-bond donors (Lipinski definition) is 0. The molecule has 0 saturated heterocycles. The maximum Gasteiger partial charge on any atom is 0.0716 e. The highest BCUT2D eigenvalue weighted by molar-refractivity contribution is 5.25. The zero-order valence-electron chi connectivity index (χ0n) is 18.9. The highest BCUT2D eigenvalue weighted by Crippen LogP contribution is 2.40. The summed E-state index contributed by atoms with van der Waals surface area (Å²) in [4.78, 5) is 0. The second-order valence-corrected chi connectivity index (χ2v) is 9.84. The molecule has 2 aliphatic rings. The fourth-order valence-electron chi connectivity index (χ4n) is 5.64. The van der Waals surface area contributed by atoms with Gasteiger partial charge in [0.05, 0.1) is 6.61 Å². The SMILES string of the molecule is C=CCC[C@H]1CC[C@H](CC[C@H]2CC[C@H](c3ccc(COCCC)cc3)CC2)CC1. The monoisotopic (exact) mass is 396 g/mol. The van der Waals surface area contributed by atoms with Crippen LogP contribution in [-0.4, -0.2) is 6.61 Å². The lowest BCUT2D eigenvalue weighted by molar-refractivity contribution is 0.121. The Labute approximate surface area is 180 Å². The van der Waals surface area contributed by atoms with Gasteiger partial charge in [-0.2, -0.15) is 0 Å². The van der Waals surface area contributed by atoms with Crippen LogP contribution in [0.1, 0.15) is 107 Å². The van der Waals surface area contributed by atoms with E-state index in [-0.39, 0.29) is 0 Å². The minimum Gasteiger partial charge on any atom is -0.377 e. The second-order valence-electron chi connectivity index (χ2n) is 9.84. The van der Waals surface area contributed by atoms with Crippen LogP contribution in [0, 0.1) is 17.8 Å². The Kier molecular flexibility index (Phi) is 9.80. The zero-order valence-corrected chi connectivity index (χ0v) is 18.9. The Morgan fingerprint density at radius 2 is 1.38 bits per heavy atom. The molecule has 1 aromatic rings. The van der Waals surface area contributed by atoms with Gasteiger partial charge in [0.25, 0.3) is 0 Å². The van der Waals surface area contributed by atoms with E-state index >= 15 is 0 Å². The smallest absolute Gasteiger partial charge is 0.0716 e. The number of benzene rings is 1. The quantitative estimate of drug-likeness (QED) is 0.269. The highest BCUT2D eigenvalue weighted by Gasteiger charge is 2.25. The van der Waals surface area contributed by atoms with Crippen molar-refractivity contribution in [1.82, 2.24) is 0 Å². The van der Waals surface area contributed by atoms with Crippen molar-refractivity contribution in [3.8, 4) is 0 Å². The molecular weight excluding hydrogens is 352 g/mol. The van der Waals surface area contributed by atoms with Crippen molar-refractivity contribution in [2.75, 3.05) is 6.61 Å². The van der Waals surface area contributed by atoms with E-state index in [1.807, 2.05) is 0 Å². The summed E-state index contributed by atoms with van der Waals surface area (Å²) >= 11 is 0. The average Bonchev–Trinajstić information content (AvgIpc) is 2.78. The molecule has 2 fully saturated rings. The largest absolute Gasteiger partial charge is 0.377 e. The van der Waals surface area contributed by atoms with E-state index in [4.69, 9.17) is 4.74 Å². The molecule has 0 bridgehead atoms. The van der Waals surface area contributed by atoms with E-state index in [0.29, 0.717) is 0 Å². The number of rotatable bonds is 11. The van der Waals surface area contributed by atoms with Gasteiger partial charge in [-0.3, -0.25) is 0 Å². The lowest BCUT2D eigenvalue weighted by Gasteiger charge is -2.32. The summed E-state index contributed by atoms with van der Waals surface area (Å²) in [5.74, 6) is 3.79. The van der Waals surface area contributed by atoms with Crippen LogP contribution in [0.25, 0.3) is 0 Å². The average molecular weight is 397 g/mol. The van der Waals surface area contributed by atoms with E-state index in [9.17, 15) is 0 Å². The number of ether oxygens (including phenoxy) is 1. The van der Waals surface area contributed by atoms with Crippen molar-refractivity contribution in [2.24, 2.45) is 17.8 Å². The van der Waals surface area contributed by atoms with Crippen molar-refractivity contribution in [3.05, 3.63) is 48.0 Å². The van der Waals surface area contributed by atoms with Gasteiger partial charge in [-0.05, 0) is 79.7 Å². The highest BCUT2D eigenvalue weighted by atomic mass is 16.5. The summed E-state index contributed by atoms with van der Waals surface area (Å²) in [7, 11) is 0. The van der Waals surface area contributed by atoms with E-state index in [0.717, 1.165) is 43.3 Å². The molecule has 0 unspecified atom stereocenters. The van der Waals surface area contributed by atoms with Gasteiger partial charge >= 0.3 is 0 Å². The van der Waals surface area contributed by atoms with E-state index < -0.39 is 0 Å². The normalized spacial score (nSPS) is 27.6. The fraction of sp³-hybridized carbons (Fsp3) is 0.714. The molecule has 1 aromatic carbocycles. The first-order chi connectivity index (χ1) is 14.3. The molecule has 3 rings (SSSR count). The fourth-order valence-corrected chi connectivity index (χ4v) is 5.64. The topological polar surface area (TPSA) is 9.23 Å². The Hall–Kier alpha value is -1.08. The Morgan fingerprint density at radius 3 is 1.93 bits per heavy atom. The van der Waals surface area contributed by atoms with Crippen LogP contribution >= 0.6 is 0 Å². The van der Waals surface area contributed by atoms with Crippen molar-refractivity contribution < 1.29 is 4.74 Å². The maximum atomic E-state index is 5.66. The van der Waals surface area contributed by atoms with Crippen molar-refractivity contribution in [1.29, 1.82) is 0 Å². The van der Waals surface area contributed by atoms with Crippen LogP contribution in [-0.2, 0) is 11.3 Å². The minimum atomic E-state index is 0.761. The van der Waals surface area contributed by atoms with Gasteiger partial charge in [0.15, 0.2) is 0 Å². The van der Waals surface area contributed by atoms with Gasteiger partial charge in [0.1, 0.15) is 0 Å². The molecule has 162 valence electrons. The van der Waals surface area contributed by atoms with Gasteiger partial charge in [-0.15, -0.1) is 6.58 Å². The zero-order chi connectivity index (χ0) is 20.3. The molecule has 0 atom stereocenters. The molecule has 0 heterocycles. The minimum absolute atomic E-state index is 0.761. The van der Waals surface area contributed by atoms with Gasteiger partial charge < -0.3 is 4.74 Å². The Balaban J connectivity index is 1.32. The third-order valence-electron chi connectivity index (χ3n) is 7.64.